The molecule has 13 heavy (non-hydrogen) atoms. The lowest BCUT2D eigenvalue weighted by molar-refractivity contribution is 0.331. The van der Waals surface area contributed by atoms with Gasteiger partial charge in [-0.2, -0.15) is 0 Å². The predicted molar refractivity (Wildman–Crippen MR) is 50.7 cm³/mol. The zero-order valence-electron chi connectivity index (χ0n) is 7.65. The van der Waals surface area contributed by atoms with E-state index >= 15 is 0 Å². The van der Waals surface area contributed by atoms with Gasteiger partial charge in [-0.15, -0.1) is 0 Å². The average molecular weight is 200 g/mol. The van der Waals surface area contributed by atoms with Crippen molar-refractivity contribution in [2.45, 2.75) is 11.8 Å². The van der Waals surface area contributed by atoms with Crippen LogP contribution in [-0.2, 0) is 9.84 Å². The molecule has 0 atom stereocenters. The first-order valence-electron chi connectivity index (χ1n) is 3.97. The van der Waals surface area contributed by atoms with Gasteiger partial charge >= 0.3 is 0 Å². The number of rotatable bonds is 3. The van der Waals surface area contributed by atoms with Crippen LogP contribution in [-0.4, -0.2) is 21.3 Å². The summed E-state index contributed by atoms with van der Waals surface area (Å²) in [6.45, 7) is 2.28. The van der Waals surface area contributed by atoms with Gasteiger partial charge in [0, 0.05) is 6.26 Å². The third-order valence-corrected chi connectivity index (χ3v) is 2.68. The molecule has 0 aliphatic rings. The molecular weight excluding hydrogens is 188 g/mol. The maximum absolute atomic E-state index is 11.2. The lowest BCUT2D eigenvalue weighted by Crippen LogP contribution is -2.02. The van der Waals surface area contributed by atoms with Crippen molar-refractivity contribution in [3.05, 3.63) is 24.3 Å². The Labute approximate surface area is 78.3 Å². The number of para-hydroxylation sites is 1. The predicted octanol–water partition coefficient (Wildman–Crippen LogP) is 1.49. The molecule has 0 aliphatic carbocycles. The van der Waals surface area contributed by atoms with E-state index in [4.69, 9.17) is 4.74 Å². The molecule has 0 fully saturated rings. The highest BCUT2D eigenvalue weighted by atomic mass is 32.2. The summed E-state index contributed by atoms with van der Waals surface area (Å²) < 4.78 is 27.7. The highest BCUT2D eigenvalue weighted by Gasteiger charge is 2.12. The molecule has 0 radical (unpaired) electrons. The van der Waals surface area contributed by atoms with Crippen molar-refractivity contribution < 1.29 is 13.2 Å². The number of hydrogen-bond acceptors (Lipinski definition) is 3. The molecule has 72 valence electrons. The molecular formula is C9H12O3S. The lowest BCUT2D eigenvalue weighted by atomic mass is 10.3. The zero-order valence-corrected chi connectivity index (χ0v) is 8.47. The van der Waals surface area contributed by atoms with E-state index in [-0.39, 0.29) is 4.90 Å². The van der Waals surface area contributed by atoms with Gasteiger partial charge in [0.2, 0.25) is 0 Å². The summed E-state index contributed by atoms with van der Waals surface area (Å²) in [7, 11) is -3.18. The Balaban J connectivity index is 3.20. The first-order valence-corrected chi connectivity index (χ1v) is 5.86. The quantitative estimate of drug-likeness (QED) is 0.742. The molecule has 1 aromatic carbocycles. The molecule has 0 saturated heterocycles. The summed E-state index contributed by atoms with van der Waals surface area (Å²) in [4.78, 5) is 0.247. The molecule has 3 nitrogen and oxygen atoms in total. The van der Waals surface area contributed by atoms with Gasteiger partial charge < -0.3 is 4.74 Å². The van der Waals surface area contributed by atoms with Gasteiger partial charge in [0.1, 0.15) is 10.6 Å². The maximum Gasteiger partial charge on any atom is 0.179 e. The Kier molecular flexibility index (Phi) is 2.93. The zero-order chi connectivity index (χ0) is 9.90. The monoisotopic (exact) mass is 200 g/mol. The van der Waals surface area contributed by atoms with Crippen molar-refractivity contribution in [3.63, 3.8) is 0 Å². The summed E-state index contributed by atoms with van der Waals surface area (Å²) in [6, 6.07) is 6.62. The summed E-state index contributed by atoms with van der Waals surface area (Å²) in [5.41, 5.74) is 0. The Morgan fingerprint density at radius 1 is 1.31 bits per heavy atom. The Hall–Kier alpha value is -1.03. The molecule has 0 saturated carbocycles. The minimum Gasteiger partial charge on any atom is -0.493 e. The lowest BCUT2D eigenvalue weighted by Gasteiger charge is -2.07. The number of sulfone groups is 1. The fraction of sp³-hybridized carbons (Fsp3) is 0.333. The van der Waals surface area contributed by atoms with Crippen molar-refractivity contribution in [2.75, 3.05) is 12.9 Å². The first-order chi connectivity index (χ1) is 6.05. The third kappa shape index (κ3) is 2.45. The average Bonchev–Trinajstić information content (AvgIpc) is 2.04. The van der Waals surface area contributed by atoms with Gasteiger partial charge in [0.05, 0.1) is 6.61 Å². The Morgan fingerprint density at radius 2 is 1.92 bits per heavy atom. The van der Waals surface area contributed by atoms with Crippen molar-refractivity contribution in [1.29, 1.82) is 0 Å². The van der Waals surface area contributed by atoms with E-state index in [1.54, 1.807) is 24.3 Å². The van der Waals surface area contributed by atoms with Crippen LogP contribution in [0.1, 0.15) is 6.92 Å². The molecule has 0 amide bonds. The molecule has 0 unspecified atom stereocenters. The van der Waals surface area contributed by atoms with E-state index in [1.165, 1.54) is 6.26 Å². The highest BCUT2D eigenvalue weighted by Crippen LogP contribution is 2.22. The van der Waals surface area contributed by atoms with Crippen molar-refractivity contribution in [3.8, 4) is 5.75 Å². The molecule has 1 aromatic rings. The Morgan fingerprint density at radius 3 is 2.46 bits per heavy atom. The van der Waals surface area contributed by atoms with Gasteiger partial charge in [-0.1, -0.05) is 12.1 Å². The fourth-order valence-electron chi connectivity index (χ4n) is 1.03. The van der Waals surface area contributed by atoms with Crippen LogP contribution < -0.4 is 4.74 Å². The second-order valence-corrected chi connectivity index (χ2v) is 4.64. The minimum atomic E-state index is -3.18. The van der Waals surface area contributed by atoms with E-state index < -0.39 is 9.84 Å². The van der Waals surface area contributed by atoms with Crippen LogP contribution in [0.15, 0.2) is 29.2 Å². The van der Waals surface area contributed by atoms with Crippen LogP contribution in [0.25, 0.3) is 0 Å². The fourth-order valence-corrected chi connectivity index (χ4v) is 1.85. The smallest absolute Gasteiger partial charge is 0.179 e. The molecule has 1 rings (SSSR count). The maximum atomic E-state index is 11.2. The number of hydrogen-bond donors (Lipinski definition) is 0. The SMILES string of the molecule is CCOc1ccccc1S(C)(=O)=O. The highest BCUT2D eigenvalue weighted by molar-refractivity contribution is 7.90. The van der Waals surface area contributed by atoms with Crippen LogP contribution in [0.3, 0.4) is 0 Å². The van der Waals surface area contributed by atoms with Gasteiger partial charge in [-0.3, -0.25) is 0 Å². The van der Waals surface area contributed by atoms with E-state index in [0.717, 1.165) is 0 Å². The van der Waals surface area contributed by atoms with Crippen molar-refractivity contribution >= 4 is 9.84 Å². The van der Waals surface area contributed by atoms with Crippen LogP contribution in [0.2, 0.25) is 0 Å². The summed E-state index contributed by atoms with van der Waals surface area (Å²) >= 11 is 0. The summed E-state index contributed by atoms with van der Waals surface area (Å²) in [5, 5.41) is 0. The number of ether oxygens (including phenoxy) is 1. The first kappa shape index (κ1) is 10.1. The van der Waals surface area contributed by atoms with Crippen LogP contribution >= 0.6 is 0 Å². The van der Waals surface area contributed by atoms with Gasteiger partial charge in [-0.25, -0.2) is 8.42 Å². The molecule has 0 heterocycles. The molecule has 0 aliphatic heterocycles. The largest absolute Gasteiger partial charge is 0.493 e. The second-order valence-electron chi connectivity index (χ2n) is 2.65. The molecule has 0 aromatic heterocycles. The molecule has 4 heteroatoms. The van der Waals surface area contributed by atoms with Crippen molar-refractivity contribution in [2.24, 2.45) is 0 Å². The van der Waals surface area contributed by atoms with Crippen LogP contribution in [0.4, 0.5) is 0 Å². The van der Waals surface area contributed by atoms with Gasteiger partial charge in [0.25, 0.3) is 0 Å². The molecule has 0 bridgehead atoms. The molecule has 0 spiro atoms. The number of benzene rings is 1. The van der Waals surface area contributed by atoms with Crippen LogP contribution in [0, 0.1) is 0 Å². The van der Waals surface area contributed by atoms with E-state index in [0.29, 0.717) is 12.4 Å². The van der Waals surface area contributed by atoms with E-state index in [1.807, 2.05) is 6.92 Å². The van der Waals surface area contributed by atoms with Crippen LogP contribution in [0.5, 0.6) is 5.75 Å². The van der Waals surface area contributed by atoms with Gasteiger partial charge in [-0.05, 0) is 19.1 Å². The summed E-state index contributed by atoms with van der Waals surface area (Å²) in [6.07, 6.45) is 1.17. The Bertz CT molecular complexity index is 382. The minimum absolute atomic E-state index is 0.247. The standard InChI is InChI=1S/C9H12O3S/c1-3-12-8-6-4-5-7-9(8)13(2,10)11/h4-7H,3H2,1-2H3. The topological polar surface area (TPSA) is 43.4 Å². The van der Waals surface area contributed by atoms with Gasteiger partial charge in [0.15, 0.2) is 9.84 Å². The molecule has 0 N–H and O–H groups in total. The normalized spacial score (nSPS) is 11.2. The third-order valence-electron chi connectivity index (χ3n) is 1.55. The second kappa shape index (κ2) is 3.79. The van der Waals surface area contributed by atoms with Crippen molar-refractivity contribution in [1.82, 2.24) is 0 Å². The van der Waals surface area contributed by atoms with E-state index in [2.05, 4.69) is 0 Å². The van der Waals surface area contributed by atoms with E-state index in [9.17, 15) is 8.42 Å². The summed E-state index contributed by atoms with van der Waals surface area (Å²) in [5.74, 6) is 0.424.